The van der Waals surface area contributed by atoms with Gasteiger partial charge in [-0.15, -0.1) is 11.8 Å². The zero-order valence-electron chi connectivity index (χ0n) is 12.7. The van der Waals surface area contributed by atoms with Crippen LogP contribution in [0.15, 0.2) is 22.0 Å². The van der Waals surface area contributed by atoms with E-state index in [-0.39, 0.29) is 28.5 Å². The lowest BCUT2D eigenvalue weighted by atomic mass is 10.1. The Kier molecular flexibility index (Phi) is 4.14. The van der Waals surface area contributed by atoms with Gasteiger partial charge in [0.05, 0.1) is 22.4 Å². The number of carbonyl (C=O) groups is 1. The number of halogens is 2. The van der Waals surface area contributed by atoms with Gasteiger partial charge in [-0.25, -0.2) is 13.6 Å². The first-order valence-corrected chi connectivity index (χ1v) is 8.50. The van der Waals surface area contributed by atoms with Gasteiger partial charge in [0.1, 0.15) is 5.56 Å². The second-order valence-corrected chi connectivity index (χ2v) is 6.15. The van der Waals surface area contributed by atoms with Crippen molar-refractivity contribution in [3.63, 3.8) is 0 Å². The number of hydrogen-bond donors (Lipinski definition) is 0. The lowest BCUT2D eigenvalue weighted by molar-refractivity contribution is 0.0524. The van der Waals surface area contributed by atoms with Crippen molar-refractivity contribution in [3.05, 3.63) is 39.7 Å². The molecule has 23 heavy (non-hydrogen) atoms. The summed E-state index contributed by atoms with van der Waals surface area (Å²) in [4.78, 5) is 24.6. The maximum Gasteiger partial charge on any atom is 0.343 e. The van der Waals surface area contributed by atoms with Crippen molar-refractivity contribution in [1.82, 2.24) is 4.57 Å². The van der Waals surface area contributed by atoms with Gasteiger partial charge >= 0.3 is 5.97 Å². The van der Waals surface area contributed by atoms with Gasteiger partial charge in [0, 0.05) is 12.2 Å². The highest BCUT2D eigenvalue weighted by molar-refractivity contribution is 7.98. The Morgan fingerprint density at radius 3 is 2.70 bits per heavy atom. The number of esters is 1. The largest absolute Gasteiger partial charge is 0.462 e. The molecular formula is C16H15F2NO3S. The molecule has 7 heteroatoms. The minimum Gasteiger partial charge on any atom is -0.462 e. The topological polar surface area (TPSA) is 48.3 Å². The molecule has 0 saturated heterocycles. The molecule has 0 unspecified atom stereocenters. The number of pyridine rings is 1. The molecule has 0 bridgehead atoms. The summed E-state index contributed by atoms with van der Waals surface area (Å²) in [6.45, 7) is 1.77. The summed E-state index contributed by atoms with van der Waals surface area (Å²) in [5.74, 6) is -2.81. The molecule has 0 radical (unpaired) electrons. The minimum atomic E-state index is -1.10. The first kappa shape index (κ1) is 16.0. The van der Waals surface area contributed by atoms with Crippen molar-refractivity contribution < 1.29 is 18.3 Å². The van der Waals surface area contributed by atoms with Crippen LogP contribution in [0.3, 0.4) is 0 Å². The lowest BCUT2D eigenvalue weighted by Gasteiger charge is -2.15. The molecule has 0 N–H and O–H groups in total. The van der Waals surface area contributed by atoms with Crippen LogP contribution >= 0.6 is 11.8 Å². The molecule has 2 aromatic rings. The van der Waals surface area contributed by atoms with Crippen LogP contribution in [-0.4, -0.2) is 23.4 Å². The molecule has 1 aliphatic carbocycles. The van der Waals surface area contributed by atoms with Crippen LogP contribution in [0.4, 0.5) is 8.78 Å². The summed E-state index contributed by atoms with van der Waals surface area (Å²) in [6.07, 6.45) is 4.77. The van der Waals surface area contributed by atoms with E-state index in [1.807, 2.05) is 0 Å². The molecule has 3 rings (SSSR count). The standard InChI is InChI=1S/C16H15F2NO3S/c1-3-22-16(21)10-7-19(8-4-5-8)13-9(14(10)20)6-11(17)12(18)15(13)23-2/h6-8H,3-5H2,1-2H3. The fourth-order valence-electron chi connectivity index (χ4n) is 2.61. The monoisotopic (exact) mass is 339 g/mol. The average molecular weight is 339 g/mol. The van der Waals surface area contributed by atoms with Crippen LogP contribution in [0.1, 0.15) is 36.2 Å². The predicted molar refractivity (Wildman–Crippen MR) is 84.1 cm³/mol. The van der Waals surface area contributed by atoms with E-state index in [4.69, 9.17) is 4.74 Å². The predicted octanol–water partition coefficient (Wildman–Crippen LogP) is 3.51. The Balaban J connectivity index is 2.40. The zero-order valence-corrected chi connectivity index (χ0v) is 13.5. The van der Waals surface area contributed by atoms with Crippen molar-refractivity contribution in [2.24, 2.45) is 0 Å². The number of fused-ring (bicyclic) bond motifs is 1. The van der Waals surface area contributed by atoms with Crippen LogP contribution in [0.5, 0.6) is 0 Å². The van der Waals surface area contributed by atoms with Crippen molar-refractivity contribution in [3.8, 4) is 0 Å². The Bertz CT molecular complexity index is 859. The Hall–Kier alpha value is -1.89. The van der Waals surface area contributed by atoms with Gasteiger partial charge in [-0.05, 0) is 32.1 Å². The maximum atomic E-state index is 14.1. The van der Waals surface area contributed by atoms with E-state index in [1.54, 1.807) is 17.7 Å². The molecule has 1 aromatic heterocycles. The van der Waals surface area contributed by atoms with Crippen LogP contribution in [-0.2, 0) is 4.74 Å². The van der Waals surface area contributed by atoms with E-state index < -0.39 is 23.0 Å². The molecule has 4 nitrogen and oxygen atoms in total. The number of benzene rings is 1. The lowest BCUT2D eigenvalue weighted by Crippen LogP contribution is -2.21. The number of hydrogen-bond acceptors (Lipinski definition) is 4. The molecule has 0 amide bonds. The van der Waals surface area contributed by atoms with Crippen LogP contribution in [0.2, 0.25) is 0 Å². The van der Waals surface area contributed by atoms with Gasteiger partial charge in [0.25, 0.3) is 0 Å². The Morgan fingerprint density at radius 1 is 1.43 bits per heavy atom. The summed E-state index contributed by atoms with van der Waals surface area (Å²) >= 11 is 1.04. The second kappa shape index (κ2) is 5.96. The molecule has 0 atom stereocenters. The third-order valence-corrected chi connectivity index (χ3v) is 4.59. The zero-order chi connectivity index (χ0) is 16.7. The summed E-state index contributed by atoms with van der Waals surface area (Å²) in [7, 11) is 0. The molecule has 0 aliphatic heterocycles. The number of thioether (sulfide) groups is 1. The maximum absolute atomic E-state index is 14.1. The number of carbonyl (C=O) groups excluding carboxylic acids is 1. The third kappa shape index (κ3) is 2.63. The number of nitrogens with zero attached hydrogens (tertiary/aromatic N) is 1. The Morgan fingerprint density at radius 2 is 2.13 bits per heavy atom. The second-order valence-electron chi connectivity index (χ2n) is 5.33. The quantitative estimate of drug-likeness (QED) is 0.632. The molecule has 122 valence electrons. The highest BCUT2D eigenvalue weighted by Crippen LogP contribution is 2.40. The molecule has 1 aliphatic rings. The van der Waals surface area contributed by atoms with Gasteiger partial charge in [-0.2, -0.15) is 0 Å². The number of aromatic nitrogens is 1. The molecular weight excluding hydrogens is 324 g/mol. The normalized spacial score (nSPS) is 14.3. The average Bonchev–Trinajstić information content (AvgIpc) is 3.35. The summed E-state index contributed by atoms with van der Waals surface area (Å²) in [6, 6.07) is 0.955. The number of rotatable bonds is 4. The van der Waals surface area contributed by atoms with Crippen molar-refractivity contribution in [2.45, 2.75) is 30.7 Å². The van der Waals surface area contributed by atoms with E-state index in [0.29, 0.717) is 5.52 Å². The molecule has 1 aromatic carbocycles. The van der Waals surface area contributed by atoms with Crippen molar-refractivity contribution >= 4 is 28.6 Å². The first-order valence-electron chi connectivity index (χ1n) is 7.27. The highest BCUT2D eigenvalue weighted by atomic mass is 32.2. The van der Waals surface area contributed by atoms with Gasteiger partial charge < -0.3 is 9.30 Å². The van der Waals surface area contributed by atoms with Gasteiger partial charge in [0.15, 0.2) is 11.6 Å². The molecule has 1 saturated carbocycles. The van der Waals surface area contributed by atoms with E-state index in [0.717, 1.165) is 30.7 Å². The van der Waals surface area contributed by atoms with Crippen molar-refractivity contribution in [2.75, 3.05) is 12.9 Å². The van der Waals surface area contributed by atoms with Crippen molar-refractivity contribution in [1.29, 1.82) is 0 Å². The SMILES string of the molecule is CCOC(=O)c1cn(C2CC2)c2c(SC)c(F)c(F)cc2c1=O. The molecule has 0 spiro atoms. The molecule has 1 heterocycles. The summed E-state index contributed by atoms with van der Waals surface area (Å²) < 4.78 is 34.6. The fourth-order valence-corrected chi connectivity index (χ4v) is 3.30. The number of ether oxygens (including phenoxy) is 1. The van der Waals surface area contributed by atoms with Crippen LogP contribution in [0, 0.1) is 11.6 Å². The van der Waals surface area contributed by atoms with E-state index in [2.05, 4.69) is 0 Å². The van der Waals surface area contributed by atoms with E-state index in [9.17, 15) is 18.4 Å². The highest BCUT2D eigenvalue weighted by Gasteiger charge is 2.29. The Labute approximate surface area is 135 Å². The smallest absolute Gasteiger partial charge is 0.343 e. The van der Waals surface area contributed by atoms with Gasteiger partial charge in [-0.1, -0.05) is 0 Å². The molecule has 1 fully saturated rings. The van der Waals surface area contributed by atoms with Crippen LogP contribution in [0.25, 0.3) is 10.9 Å². The van der Waals surface area contributed by atoms with Gasteiger partial charge in [0.2, 0.25) is 5.43 Å². The summed E-state index contributed by atoms with van der Waals surface area (Å²) in [5.41, 5.74) is -0.439. The fraction of sp³-hybridized carbons (Fsp3) is 0.375. The van der Waals surface area contributed by atoms with E-state index >= 15 is 0 Å². The third-order valence-electron chi connectivity index (χ3n) is 3.81. The van der Waals surface area contributed by atoms with Crippen LogP contribution < -0.4 is 5.43 Å². The van der Waals surface area contributed by atoms with E-state index in [1.165, 1.54) is 6.20 Å². The minimum absolute atomic E-state index is 0.00528. The first-order chi connectivity index (χ1) is 11.0. The summed E-state index contributed by atoms with van der Waals surface area (Å²) in [5, 5.41) is 0.00528. The van der Waals surface area contributed by atoms with Gasteiger partial charge in [-0.3, -0.25) is 4.79 Å².